The van der Waals surface area contributed by atoms with Crippen LogP contribution in [0.3, 0.4) is 0 Å². The van der Waals surface area contributed by atoms with E-state index >= 15 is 0 Å². The first-order valence-electron chi connectivity index (χ1n) is 8.50. The number of primary amides is 1. The molecule has 2 nitrogen and oxygen atoms in total. The van der Waals surface area contributed by atoms with Crippen LogP contribution < -0.4 is 5.73 Å². The fourth-order valence-electron chi connectivity index (χ4n) is 5.10. The predicted molar refractivity (Wildman–Crippen MR) is 93.9 cm³/mol. The molecule has 4 unspecified atom stereocenters. The number of amides is 1. The molecule has 0 saturated heterocycles. The highest BCUT2D eigenvalue weighted by molar-refractivity contribution is 7.98. The average molecular weight is 317 g/mol. The van der Waals surface area contributed by atoms with Crippen molar-refractivity contribution in [3.05, 3.63) is 35.9 Å². The Morgan fingerprint density at radius 1 is 1.32 bits per heavy atom. The molecular weight excluding hydrogens is 290 g/mol. The van der Waals surface area contributed by atoms with Crippen molar-refractivity contribution in [2.75, 3.05) is 12.0 Å². The van der Waals surface area contributed by atoms with E-state index in [2.05, 4.69) is 36.6 Å². The van der Waals surface area contributed by atoms with E-state index in [1.54, 1.807) is 0 Å². The normalized spacial score (nSPS) is 34.3. The number of thioether (sulfide) groups is 1. The van der Waals surface area contributed by atoms with Crippen molar-refractivity contribution in [3.8, 4) is 0 Å². The third-order valence-corrected chi connectivity index (χ3v) is 6.60. The van der Waals surface area contributed by atoms with Gasteiger partial charge in [0.05, 0.1) is 0 Å². The Balaban J connectivity index is 1.91. The van der Waals surface area contributed by atoms with Crippen LogP contribution in [0.5, 0.6) is 0 Å². The molecular formula is C19H27NOS. The Morgan fingerprint density at radius 2 is 2.09 bits per heavy atom. The first kappa shape index (κ1) is 15.9. The molecule has 22 heavy (non-hydrogen) atoms. The number of rotatable bonds is 5. The van der Waals surface area contributed by atoms with Gasteiger partial charge in [-0.1, -0.05) is 36.8 Å². The second-order valence-corrected chi connectivity index (χ2v) is 8.16. The predicted octanol–water partition coefficient (Wildman–Crippen LogP) is 3.99. The van der Waals surface area contributed by atoms with Crippen molar-refractivity contribution in [3.63, 3.8) is 0 Å². The molecule has 3 heteroatoms. The molecule has 2 saturated carbocycles. The maximum atomic E-state index is 12.1. The lowest BCUT2D eigenvalue weighted by molar-refractivity contribution is -0.129. The van der Waals surface area contributed by atoms with Crippen molar-refractivity contribution in [1.82, 2.24) is 0 Å². The smallest absolute Gasteiger partial charge is 0.221 e. The molecule has 1 aromatic rings. The van der Waals surface area contributed by atoms with Crippen LogP contribution in [-0.2, 0) is 10.2 Å². The summed E-state index contributed by atoms with van der Waals surface area (Å²) in [6, 6.07) is 11.0. The maximum absolute atomic E-state index is 12.1. The largest absolute Gasteiger partial charge is 0.369 e. The van der Waals surface area contributed by atoms with Crippen molar-refractivity contribution < 1.29 is 4.79 Å². The molecule has 3 rings (SSSR count). The molecule has 0 aromatic heterocycles. The van der Waals surface area contributed by atoms with Gasteiger partial charge in [-0.2, -0.15) is 11.8 Å². The zero-order chi connectivity index (χ0) is 15.6. The zero-order valence-electron chi connectivity index (χ0n) is 13.5. The molecule has 2 aliphatic rings. The minimum absolute atomic E-state index is 0.0559. The third-order valence-electron chi connectivity index (χ3n) is 5.96. The SMILES string of the molecule is CSCCC1CC2(c3ccccc3)CCCC(C2)C1C(N)=O. The van der Waals surface area contributed by atoms with Gasteiger partial charge in [0.15, 0.2) is 0 Å². The van der Waals surface area contributed by atoms with Crippen molar-refractivity contribution >= 4 is 17.7 Å². The number of nitrogens with two attached hydrogens (primary N) is 1. The first-order valence-corrected chi connectivity index (χ1v) is 9.89. The highest BCUT2D eigenvalue weighted by Crippen LogP contribution is 2.55. The molecule has 1 amide bonds. The molecule has 0 radical (unpaired) electrons. The first-order chi connectivity index (χ1) is 10.7. The number of hydrogen-bond donors (Lipinski definition) is 1. The molecule has 4 atom stereocenters. The van der Waals surface area contributed by atoms with Crippen LogP contribution in [0.4, 0.5) is 0 Å². The minimum Gasteiger partial charge on any atom is -0.369 e. The van der Waals surface area contributed by atoms with Crippen molar-refractivity contribution in [2.24, 2.45) is 23.5 Å². The lowest BCUT2D eigenvalue weighted by Crippen LogP contribution is -2.49. The summed E-state index contributed by atoms with van der Waals surface area (Å²) in [5, 5.41) is 0. The summed E-state index contributed by atoms with van der Waals surface area (Å²) in [5.74, 6) is 2.13. The van der Waals surface area contributed by atoms with E-state index in [0.717, 1.165) is 25.0 Å². The van der Waals surface area contributed by atoms with E-state index in [0.29, 0.717) is 17.3 Å². The molecule has 1 aromatic carbocycles. The molecule has 2 bridgehead atoms. The zero-order valence-corrected chi connectivity index (χ0v) is 14.3. The molecule has 0 aliphatic heterocycles. The number of fused-ring (bicyclic) bond motifs is 2. The summed E-state index contributed by atoms with van der Waals surface area (Å²) >= 11 is 1.88. The minimum atomic E-state index is -0.0559. The Labute approximate surface area is 138 Å². The third kappa shape index (κ3) is 2.92. The highest BCUT2D eigenvalue weighted by atomic mass is 32.2. The van der Waals surface area contributed by atoms with E-state index in [4.69, 9.17) is 5.73 Å². The number of benzene rings is 1. The highest BCUT2D eigenvalue weighted by Gasteiger charge is 2.50. The molecule has 0 spiro atoms. The van der Waals surface area contributed by atoms with Gasteiger partial charge in [-0.15, -0.1) is 0 Å². The van der Waals surface area contributed by atoms with Crippen LogP contribution >= 0.6 is 11.8 Å². The lowest BCUT2D eigenvalue weighted by Gasteiger charge is -2.52. The Bertz CT molecular complexity index is 517. The standard InChI is InChI=1S/C19H27NOS/c1-22-11-9-15-13-19(16-7-3-2-4-8-16)10-5-6-14(12-19)17(15)18(20)21/h2-4,7-8,14-15,17H,5-6,9-13H2,1H3,(H2,20,21). The number of hydrogen-bond acceptors (Lipinski definition) is 2. The summed E-state index contributed by atoms with van der Waals surface area (Å²) < 4.78 is 0. The number of carbonyl (C=O) groups is 1. The van der Waals surface area contributed by atoms with Gasteiger partial charge < -0.3 is 5.73 Å². The van der Waals surface area contributed by atoms with Crippen LogP contribution in [0.15, 0.2) is 30.3 Å². The van der Waals surface area contributed by atoms with Gasteiger partial charge in [0.25, 0.3) is 0 Å². The fraction of sp³-hybridized carbons (Fsp3) is 0.632. The van der Waals surface area contributed by atoms with E-state index in [1.165, 1.54) is 24.8 Å². The Hall–Kier alpha value is -0.960. The van der Waals surface area contributed by atoms with Gasteiger partial charge in [0.2, 0.25) is 5.91 Å². The van der Waals surface area contributed by atoms with Crippen molar-refractivity contribution in [1.29, 1.82) is 0 Å². The summed E-state index contributed by atoms with van der Waals surface area (Å²) in [6.07, 6.45) is 9.25. The van der Waals surface area contributed by atoms with Crippen LogP contribution in [0.25, 0.3) is 0 Å². The van der Waals surface area contributed by atoms with Gasteiger partial charge in [0, 0.05) is 5.92 Å². The van der Waals surface area contributed by atoms with Gasteiger partial charge in [0.1, 0.15) is 0 Å². The van der Waals surface area contributed by atoms with E-state index in [9.17, 15) is 4.79 Å². The van der Waals surface area contributed by atoms with Crippen LogP contribution in [0.2, 0.25) is 0 Å². The molecule has 2 N–H and O–H groups in total. The summed E-state index contributed by atoms with van der Waals surface area (Å²) in [6.45, 7) is 0. The lowest BCUT2D eigenvalue weighted by atomic mass is 9.52. The fourth-order valence-corrected chi connectivity index (χ4v) is 5.64. The van der Waals surface area contributed by atoms with Crippen LogP contribution in [-0.4, -0.2) is 17.9 Å². The summed E-state index contributed by atoms with van der Waals surface area (Å²) in [7, 11) is 0. The van der Waals surface area contributed by atoms with E-state index in [-0.39, 0.29) is 11.8 Å². The maximum Gasteiger partial charge on any atom is 0.221 e. The number of carbonyl (C=O) groups excluding carboxylic acids is 1. The molecule has 2 aliphatic carbocycles. The van der Waals surface area contributed by atoms with Gasteiger partial charge >= 0.3 is 0 Å². The van der Waals surface area contributed by atoms with Crippen LogP contribution in [0, 0.1) is 17.8 Å². The monoisotopic (exact) mass is 317 g/mol. The van der Waals surface area contributed by atoms with E-state index in [1.807, 2.05) is 11.8 Å². The summed E-state index contributed by atoms with van der Waals surface area (Å²) in [5.41, 5.74) is 7.57. The average Bonchev–Trinajstić information content (AvgIpc) is 2.53. The summed E-state index contributed by atoms with van der Waals surface area (Å²) in [4.78, 5) is 12.1. The quantitative estimate of drug-likeness (QED) is 0.892. The Morgan fingerprint density at radius 3 is 2.77 bits per heavy atom. The van der Waals surface area contributed by atoms with Gasteiger partial charge in [-0.3, -0.25) is 4.79 Å². The Kier molecular flexibility index (Phi) is 4.82. The molecule has 120 valence electrons. The molecule has 0 heterocycles. The topological polar surface area (TPSA) is 43.1 Å². The van der Waals surface area contributed by atoms with Crippen molar-refractivity contribution in [2.45, 2.75) is 43.9 Å². The second-order valence-electron chi connectivity index (χ2n) is 7.18. The van der Waals surface area contributed by atoms with Gasteiger partial charge in [-0.25, -0.2) is 0 Å². The van der Waals surface area contributed by atoms with Crippen LogP contribution in [0.1, 0.15) is 44.1 Å². The second kappa shape index (κ2) is 6.66. The van der Waals surface area contributed by atoms with E-state index < -0.39 is 0 Å². The van der Waals surface area contributed by atoms with Gasteiger partial charge in [-0.05, 0) is 66.9 Å². The molecule has 2 fully saturated rings.